The van der Waals surface area contributed by atoms with Gasteiger partial charge in [-0.3, -0.25) is 0 Å². The monoisotopic (exact) mass is 309 g/mol. The number of hydrogen-bond acceptors (Lipinski definition) is 6. The van der Waals surface area contributed by atoms with Gasteiger partial charge in [-0.2, -0.15) is 4.98 Å². The van der Waals surface area contributed by atoms with Gasteiger partial charge >= 0.3 is 0 Å². The number of hydrogen-bond donors (Lipinski definition) is 0. The third-order valence-corrected chi connectivity index (χ3v) is 3.08. The summed E-state index contributed by atoms with van der Waals surface area (Å²) >= 11 is 0. The Morgan fingerprint density at radius 2 is 1.87 bits per heavy atom. The van der Waals surface area contributed by atoms with E-state index in [0.29, 0.717) is 11.7 Å². The van der Waals surface area contributed by atoms with Crippen LogP contribution in [0.1, 0.15) is 11.5 Å². The first-order valence-electron chi connectivity index (χ1n) is 7.02. The molecule has 0 saturated heterocycles. The summed E-state index contributed by atoms with van der Waals surface area (Å²) < 4.78 is 10.2. The number of aromatic nitrogens is 2. The zero-order chi connectivity index (χ0) is 15.9. The van der Waals surface area contributed by atoms with Crippen molar-refractivity contribution in [3.8, 4) is 17.1 Å². The van der Waals surface area contributed by atoms with E-state index in [1.165, 1.54) is 0 Å². The third kappa shape index (κ3) is 3.94. The van der Waals surface area contributed by atoms with Gasteiger partial charge in [0.25, 0.3) is 5.89 Å². The van der Waals surface area contributed by atoms with Gasteiger partial charge in [0.15, 0.2) is 6.61 Å². The fourth-order valence-electron chi connectivity index (χ4n) is 1.90. The molecule has 0 N–H and O–H groups in total. The van der Waals surface area contributed by atoms with E-state index in [1.54, 1.807) is 13.3 Å². The lowest BCUT2D eigenvalue weighted by Gasteiger charge is -1.98. The first kappa shape index (κ1) is 14.8. The second-order valence-corrected chi connectivity index (χ2v) is 4.66. The summed E-state index contributed by atoms with van der Waals surface area (Å²) in [7, 11) is 1.62. The summed E-state index contributed by atoms with van der Waals surface area (Å²) in [6.45, 7) is 0.118. The van der Waals surface area contributed by atoms with Gasteiger partial charge in [-0.15, -0.1) is 0 Å². The minimum atomic E-state index is 0.118. The van der Waals surface area contributed by atoms with Crippen molar-refractivity contribution in [3.63, 3.8) is 0 Å². The Bertz CT molecular complexity index is 767. The average Bonchev–Trinajstić information content (AvgIpc) is 3.09. The highest BCUT2D eigenvalue weighted by molar-refractivity contribution is 5.78. The lowest BCUT2D eigenvalue weighted by molar-refractivity contribution is 0.107. The molecule has 2 aromatic carbocycles. The van der Waals surface area contributed by atoms with Crippen molar-refractivity contribution in [2.24, 2.45) is 5.16 Å². The van der Waals surface area contributed by atoms with Gasteiger partial charge in [0.05, 0.1) is 13.3 Å². The summed E-state index contributed by atoms with van der Waals surface area (Å²) in [4.78, 5) is 9.43. The highest BCUT2D eigenvalue weighted by Gasteiger charge is 2.08. The van der Waals surface area contributed by atoms with E-state index in [1.807, 2.05) is 54.6 Å². The first-order chi connectivity index (χ1) is 11.3. The predicted molar refractivity (Wildman–Crippen MR) is 85.1 cm³/mol. The van der Waals surface area contributed by atoms with Crippen LogP contribution in [0.25, 0.3) is 11.4 Å². The molecule has 3 rings (SSSR count). The molecule has 0 radical (unpaired) electrons. The minimum Gasteiger partial charge on any atom is -0.497 e. The van der Waals surface area contributed by atoms with Crippen LogP contribution in [0, 0.1) is 0 Å². The van der Waals surface area contributed by atoms with Crippen molar-refractivity contribution < 1.29 is 14.1 Å². The molecule has 6 nitrogen and oxygen atoms in total. The summed E-state index contributed by atoms with van der Waals surface area (Å²) in [5.74, 6) is 1.63. The Morgan fingerprint density at radius 1 is 1.09 bits per heavy atom. The van der Waals surface area contributed by atoms with Gasteiger partial charge in [-0.05, 0) is 29.8 Å². The quantitative estimate of drug-likeness (QED) is 0.516. The first-order valence-corrected chi connectivity index (χ1v) is 7.02. The normalized spacial score (nSPS) is 10.8. The van der Waals surface area contributed by atoms with Gasteiger partial charge in [0.2, 0.25) is 5.82 Å². The molecule has 0 aliphatic heterocycles. The third-order valence-electron chi connectivity index (χ3n) is 3.08. The van der Waals surface area contributed by atoms with E-state index in [4.69, 9.17) is 14.1 Å². The molecule has 0 saturated carbocycles. The molecule has 3 aromatic rings. The summed E-state index contributed by atoms with van der Waals surface area (Å²) in [5, 5.41) is 7.79. The summed E-state index contributed by atoms with van der Waals surface area (Å²) in [5.41, 5.74) is 1.80. The maximum atomic E-state index is 5.16. The lowest BCUT2D eigenvalue weighted by Crippen LogP contribution is -1.89. The molecule has 0 fully saturated rings. The van der Waals surface area contributed by atoms with Crippen molar-refractivity contribution >= 4 is 6.21 Å². The van der Waals surface area contributed by atoms with Crippen molar-refractivity contribution in [2.45, 2.75) is 6.61 Å². The Kier molecular flexibility index (Phi) is 4.63. The molecule has 6 heteroatoms. The predicted octanol–water partition coefficient (Wildman–Crippen LogP) is 3.30. The van der Waals surface area contributed by atoms with Crippen LogP contribution in [0.4, 0.5) is 0 Å². The molecular formula is C17H15N3O3. The molecule has 0 spiro atoms. The molecule has 0 bridgehead atoms. The van der Waals surface area contributed by atoms with Gasteiger partial charge in [-0.1, -0.05) is 40.6 Å². The number of oxime groups is 1. The second-order valence-electron chi connectivity index (χ2n) is 4.66. The van der Waals surface area contributed by atoms with E-state index in [2.05, 4.69) is 15.3 Å². The van der Waals surface area contributed by atoms with Crippen LogP contribution < -0.4 is 4.74 Å². The van der Waals surface area contributed by atoms with Crippen molar-refractivity contribution in [2.75, 3.05) is 7.11 Å². The van der Waals surface area contributed by atoms with Crippen LogP contribution in [0.2, 0.25) is 0 Å². The smallest absolute Gasteiger partial charge is 0.267 e. The van der Waals surface area contributed by atoms with Gasteiger partial charge in [0, 0.05) is 5.56 Å². The number of benzene rings is 2. The summed E-state index contributed by atoms with van der Waals surface area (Å²) in [6, 6.07) is 17.1. The van der Waals surface area contributed by atoms with E-state index < -0.39 is 0 Å². The number of ether oxygens (including phenoxy) is 1. The van der Waals surface area contributed by atoms with Crippen molar-refractivity contribution in [3.05, 3.63) is 66.1 Å². The van der Waals surface area contributed by atoms with Crippen molar-refractivity contribution in [1.29, 1.82) is 0 Å². The SMILES string of the molecule is COc1ccc(-c2noc(CO/N=C\c3ccccc3)n2)cc1. The molecule has 0 aliphatic rings. The molecule has 23 heavy (non-hydrogen) atoms. The van der Waals surface area contributed by atoms with Gasteiger partial charge in [0.1, 0.15) is 5.75 Å². The minimum absolute atomic E-state index is 0.118. The second kappa shape index (κ2) is 7.22. The average molecular weight is 309 g/mol. The fraction of sp³-hybridized carbons (Fsp3) is 0.118. The Morgan fingerprint density at radius 3 is 2.61 bits per heavy atom. The summed E-state index contributed by atoms with van der Waals surface area (Å²) in [6.07, 6.45) is 1.63. The van der Waals surface area contributed by atoms with E-state index in [9.17, 15) is 0 Å². The maximum absolute atomic E-state index is 5.16. The number of nitrogens with zero attached hydrogens (tertiary/aromatic N) is 3. The van der Waals surface area contributed by atoms with Gasteiger partial charge in [-0.25, -0.2) is 0 Å². The number of methoxy groups -OCH3 is 1. The molecular weight excluding hydrogens is 294 g/mol. The topological polar surface area (TPSA) is 69.7 Å². The molecule has 116 valence electrons. The van der Waals surface area contributed by atoms with Gasteiger partial charge < -0.3 is 14.1 Å². The molecule has 0 atom stereocenters. The number of rotatable bonds is 6. The maximum Gasteiger partial charge on any atom is 0.267 e. The molecule has 1 aromatic heterocycles. The lowest BCUT2D eigenvalue weighted by atomic mass is 10.2. The molecule has 0 aliphatic carbocycles. The van der Waals surface area contributed by atoms with E-state index >= 15 is 0 Å². The molecule has 0 amide bonds. The molecule has 1 heterocycles. The van der Waals surface area contributed by atoms with Crippen LogP contribution in [-0.4, -0.2) is 23.5 Å². The van der Waals surface area contributed by atoms with E-state index in [0.717, 1.165) is 16.9 Å². The Hall–Kier alpha value is -3.15. The zero-order valence-corrected chi connectivity index (χ0v) is 12.5. The van der Waals surface area contributed by atoms with Crippen LogP contribution in [-0.2, 0) is 11.4 Å². The highest BCUT2D eigenvalue weighted by Crippen LogP contribution is 2.19. The Labute approximate surface area is 133 Å². The van der Waals surface area contributed by atoms with Crippen LogP contribution in [0.3, 0.4) is 0 Å². The van der Waals surface area contributed by atoms with Crippen molar-refractivity contribution in [1.82, 2.24) is 10.1 Å². The van der Waals surface area contributed by atoms with Crippen LogP contribution in [0.15, 0.2) is 64.3 Å². The van der Waals surface area contributed by atoms with E-state index in [-0.39, 0.29) is 6.61 Å². The zero-order valence-electron chi connectivity index (χ0n) is 12.5. The van der Waals surface area contributed by atoms with Crippen LogP contribution in [0.5, 0.6) is 5.75 Å². The fourth-order valence-corrected chi connectivity index (χ4v) is 1.90. The highest BCUT2D eigenvalue weighted by atomic mass is 16.6. The standard InChI is InChI=1S/C17H15N3O3/c1-21-15-9-7-14(8-10-15)17-19-16(23-20-17)12-22-18-11-13-5-3-2-4-6-13/h2-11H,12H2,1H3/b18-11-. The largest absolute Gasteiger partial charge is 0.497 e. The molecule has 0 unspecified atom stereocenters. The van der Waals surface area contributed by atoms with Crippen LogP contribution >= 0.6 is 0 Å². The Balaban J connectivity index is 1.57.